The lowest BCUT2D eigenvalue weighted by Crippen LogP contribution is -2.17. The number of hydrogen-bond donors (Lipinski definition) is 3. The summed E-state index contributed by atoms with van der Waals surface area (Å²) in [5, 5.41) is 6.17. The van der Waals surface area contributed by atoms with Crippen molar-refractivity contribution in [2.24, 2.45) is 5.73 Å². The molecule has 0 aliphatic rings. The van der Waals surface area contributed by atoms with Crippen LogP contribution in [0.3, 0.4) is 0 Å². The van der Waals surface area contributed by atoms with Crippen molar-refractivity contribution in [1.29, 1.82) is 0 Å². The summed E-state index contributed by atoms with van der Waals surface area (Å²) in [6, 6.07) is 4.18. The van der Waals surface area contributed by atoms with Gasteiger partial charge < -0.3 is 5.73 Å². The highest BCUT2D eigenvalue weighted by Crippen LogP contribution is 2.23. The van der Waals surface area contributed by atoms with Gasteiger partial charge in [-0.15, -0.1) is 0 Å². The number of nitrogens with zero attached hydrogens (tertiary/aromatic N) is 1. The number of hydrogen-bond acceptors (Lipinski definition) is 4. The molecular formula is C12H15FN4O2S. The fraction of sp³-hybridized carbons (Fsp3) is 0.250. The molecule has 0 aliphatic heterocycles. The number of nitrogens with one attached hydrogen (secondary N) is 2. The van der Waals surface area contributed by atoms with E-state index in [2.05, 4.69) is 14.9 Å². The second kappa shape index (κ2) is 5.22. The molecule has 8 heteroatoms. The number of rotatable bonds is 4. The summed E-state index contributed by atoms with van der Waals surface area (Å²) in [6.07, 6.45) is 0. The summed E-state index contributed by atoms with van der Waals surface area (Å²) in [6.45, 7) is 3.22. The average Bonchev–Trinajstić information content (AvgIpc) is 2.76. The molecule has 1 aromatic carbocycles. The lowest BCUT2D eigenvalue weighted by Gasteiger charge is -2.10. The average molecular weight is 298 g/mol. The highest BCUT2D eigenvalue weighted by molar-refractivity contribution is 7.92. The second-order valence-corrected chi connectivity index (χ2v) is 5.95. The van der Waals surface area contributed by atoms with E-state index in [1.165, 1.54) is 25.1 Å². The molecule has 0 fully saturated rings. The topological polar surface area (TPSA) is 101 Å². The standard InChI is InChI=1S/C12H15FN4O2S/c1-7-10(13)4-3-5-11(7)17-20(18,19)12-9(6-14)8(2)15-16-12/h3-5,17H,6,14H2,1-2H3,(H,15,16). The van der Waals surface area contributed by atoms with Crippen LogP contribution in [0, 0.1) is 19.7 Å². The van der Waals surface area contributed by atoms with Crippen LogP contribution in [0.5, 0.6) is 0 Å². The smallest absolute Gasteiger partial charge is 0.281 e. The number of sulfonamides is 1. The number of nitrogens with two attached hydrogens (primary N) is 1. The van der Waals surface area contributed by atoms with Gasteiger partial charge in [0, 0.05) is 23.4 Å². The Morgan fingerprint density at radius 1 is 1.40 bits per heavy atom. The van der Waals surface area contributed by atoms with Gasteiger partial charge in [0.05, 0.1) is 5.69 Å². The van der Waals surface area contributed by atoms with Gasteiger partial charge in [0.25, 0.3) is 10.0 Å². The lowest BCUT2D eigenvalue weighted by atomic mass is 10.2. The highest BCUT2D eigenvalue weighted by Gasteiger charge is 2.24. The molecule has 0 bridgehead atoms. The van der Waals surface area contributed by atoms with Crippen LogP contribution in [-0.2, 0) is 16.6 Å². The Hall–Kier alpha value is -1.93. The van der Waals surface area contributed by atoms with E-state index >= 15 is 0 Å². The maximum Gasteiger partial charge on any atom is 0.281 e. The summed E-state index contributed by atoms with van der Waals surface area (Å²) in [5.74, 6) is -0.484. The number of H-pyrrole nitrogens is 1. The van der Waals surface area contributed by atoms with Crippen molar-refractivity contribution in [1.82, 2.24) is 10.2 Å². The second-order valence-electron chi connectivity index (χ2n) is 4.35. The molecular weight excluding hydrogens is 283 g/mol. The van der Waals surface area contributed by atoms with Crippen LogP contribution in [0.1, 0.15) is 16.8 Å². The molecule has 0 radical (unpaired) electrons. The van der Waals surface area contributed by atoms with Gasteiger partial charge in [-0.3, -0.25) is 9.82 Å². The molecule has 2 aromatic rings. The van der Waals surface area contributed by atoms with Crippen molar-refractivity contribution in [2.45, 2.75) is 25.4 Å². The zero-order valence-corrected chi connectivity index (χ0v) is 11.9. The first kappa shape index (κ1) is 14.5. The Bertz CT molecular complexity index is 740. The van der Waals surface area contributed by atoms with Crippen molar-refractivity contribution >= 4 is 15.7 Å². The SMILES string of the molecule is Cc1[nH]nc(S(=O)(=O)Nc2cccc(F)c2C)c1CN. The number of aromatic nitrogens is 2. The number of aromatic amines is 1. The van der Waals surface area contributed by atoms with Crippen molar-refractivity contribution in [3.63, 3.8) is 0 Å². The summed E-state index contributed by atoms with van der Waals surface area (Å²) < 4.78 is 40.3. The molecule has 0 spiro atoms. The lowest BCUT2D eigenvalue weighted by molar-refractivity contribution is 0.595. The molecule has 0 amide bonds. The van der Waals surface area contributed by atoms with Gasteiger partial charge in [-0.25, -0.2) is 4.39 Å². The fourth-order valence-corrected chi connectivity index (χ4v) is 3.14. The van der Waals surface area contributed by atoms with E-state index in [1.807, 2.05) is 0 Å². The Kier molecular flexibility index (Phi) is 3.78. The number of halogens is 1. The van der Waals surface area contributed by atoms with Crippen molar-refractivity contribution in [3.8, 4) is 0 Å². The molecule has 108 valence electrons. The van der Waals surface area contributed by atoms with Crippen LogP contribution in [0.25, 0.3) is 0 Å². The highest BCUT2D eigenvalue weighted by atomic mass is 32.2. The maximum atomic E-state index is 13.4. The van der Waals surface area contributed by atoms with E-state index in [0.717, 1.165) is 0 Å². The molecule has 0 saturated heterocycles. The van der Waals surface area contributed by atoms with E-state index in [-0.39, 0.29) is 22.8 Å². The first-order valence-electron chi connectivity index (χ1n) is 5.88. The van der Waals surface area contributed by atoms with E-state index < -0.39 is 15.8 Å². The molecule has 2 rings (SSSR count). The minimum atomic E-state index is -3.91. The molecule has 0 saturated carbocycles. The molecule has 6 nitrogen and oxygen atoms in total. The molecule has 1 aromatic heterocycles. The Labute approximate surface area is 116 Å². The minimum absolute atomic E-state index is 0.0424. The number of benzene rings is 1. The number of aryl methyl sites for hydroxylation is 1. The molecule has 0 aliphatic carbocycles. The van der Waals surface area contributed by atoms with Gasteiger partial charge >= 0.3 is 0 Å². The van der Waals surface area contributed by atoms with Crippen molar-refractivity contribution in [3.05, 3.63) is 40.8 Å². The Morgan fingerprint density at radius 3 is 2.75 bits per heavy atom. The molecule has 0 atom stereocenters. The zero-order valence-electron chi connectivity index (χ0n) is 11.1. The van der Waals surface area contributed by atoms with Gasteiger partial charge in [0.1, 0.15) is 5.82 Å². The van der Waals surface area contributed by atoms with Gasteiger partial charge in [0.2, 0.25) is 5.03 Å². The normalized spacial score (nSPS) is 11.6. The quantitative estimate of drug-likeness (QED) is 0.794. The largest absolute Gasteiger partial charge is 0.326 e. The summed E-state index contributed by atoms with van der Waals surface area (Å²) in [4.78, 5) is 0. The maximum absolute atomic E-state index is 13.4. The summed E-state index contributed by atoms with van der Waals surface area (Å²) in [7, 11) is -3.91. The third-order valence-corrected chi connectivity index (χ3v) is 4.34. The third kappa shape index (κ3) is 2.52. The first-order chi connectivity index (χ1) is 9.36. The molecule has 20 heavy (non-hydrogen) atoms. The van der Waals surface area contributed by atoms with Crippen LogP contribution in [0.2, 0.25) is 0 Å². The van der Waals surface area contributed by atoms with Crippen LogP contribution < -0.4 is 10.5 Å². The predicted octanol–water partition coefficient (Wildman–Crippen LogP) is 1.43. The van der Waals surface area contributed by atoms with Crippen molar-refractivity contribution < 1.29 is 12.8 Å². The van der Waals surface area contributed by atoms with Gasteiger partial charge in [-0.1, -0.05) is 6.07 Å². The van der Waals surface area contributed by atoms with E-state index in [0.29, 0.717) is 11.3 Å². The van der Waals surface area contributed by atoms with Crippen LogP contribution >= 0.6 is 0 Å². The minimum Gasteiger partial charge on any atom is -0.326 e. The van der Waals surface area contributed by atoms with Crippen LogP contribution in [0.15, 0.2) is 23.2 Å². The summed E-state index contributed by atoms with van der Waals surface area (Å²) in [5.41, 5.74) is 6.92. The molecule has 0 unspecified atom stereocenters. The van der Waals surface area contributed by atoms with Gasteiger partial charge in [-0.05, 0) is 26.0 Å². The molecule has 1 heterocycles. The molecule has 4 N–H and O–H groups in total. The number of anilines is 1. The van der Waals surface area contributed by atoms with Gasteiger partial charge in [0.15, 0.2) is 0 Å². The van der Waals surface area contributed by atoms with E-state index in [1.54, 1.807) is 6.92 Å². The van der Waals surface area contributed by atoms with Gasteiger partial charge in [-0.2, -0.15) is 13.5 Å². The predicted molar refractivity (Wildman–Crippen MR) is 73.2 cm³/mol. The zero-order chi connectivity index (χ0) is 14.9. The monoisotopic (exact) mass is 298 g/mol. The van der Waals surface area contributed by atoms with Crippen molar-refractivity contribution in [2.75, 3.05) is 4.72 Å². The summed E-state index contributed by atoms with van der Waals surface area (Å²) >= 11 is 0. The van der Waals surface area contributed by atoms with Crippen LogP contribution in [-0.4, -0.2) is 18.6 Å². The fourth-order valence-electron chi connectivity index (χ4n) is 1.80. The van der Waals surface area contributed by atoms with E-state index in [9.17, 15) is 12.8 Å². The Balaban J connectivity index is 2.44. The third-order valence-electron chi connectivity index (χ3n) is 3.01. The van der Waals surface area contributed by atoms with Crippen LogP contribution in [0.4, 0.5) is 10.1 Å². The van der Waals surface area contributed by atoms with E-state index in [4.69, 9.17) is 5.73 Å². The Morgan fingerprint density at radius 2 is 2.10 bits per heavy atom. The first-order valence-corrected chi connectivity index (χ1v) is 7.37.